The van der Waals surface area contributed by atoms with Gasteiger partial charge in [-0.2, -0.15) is 0 Å². The zero-order valence-electron chi connectivity index (χ0n) is 9.88. The van der Waals surface area contributed by atoms with Crippen LogP contribution >= 0.6 is 0 Å². The van der Waals surface area contributed by atoms with E-state index in [4.69, 9.17) is 5.73 Å². The normalized spacial score (nSPS) is 13.2. The van der Waals surface area contributed by atoms with Crippen molar-refractivity contribution in [2.24, 2.45) is 17.6 Å². The average Bonchev–Trinajstić information content (AvgIpc) is 2.13. The van der Waals surface area contributed by atoms with E-state index in [-0.39, 0.29) is 0 Å². The second-order valence-electron chi connectivity index (χ2n) is 4.70. The van der Waals surface area contributed by atoms with Crippen LogP contribution in [0.1, 0.15) is 52.9 Å². The molecule has 0 aromatic heterocycles. The van der Waals surface area contributed by atoms with E-state index in [0.29, 0.717) is 24.2 Å². The second-order valence-corrected chi connectivity index (χ2v) is 4.70. The number of hydrogen-bond acceptors (Lipinski definition) is 2. The van der Waals surface area contributed by atoms with Crippen LogP contribution in [0.25, 0.3) is 0 Å². The summed E-state index contributed by atoms with van der Waals surface area (Å²) in [5, 5.41) is 0. The zero-order chi connectivity index (χ0) is 11.0. The highest BCUT2D eigenvalue weighted by molar-refractivity contribution is 5.78. The highest BCUT2D eigenvalue weighted by atomic mass is 16.1. The van der Waals surface area contributed by atoms with Crippen LogP contribution in [0.15, 0.2) is 0 Å². The molecule has 0 aliphatic heterocycles. The van der Waals surface area contributed by atoms with Crippen molar-refractivity contribution in [1.82, 2.24) is 0 Å². The summed E-state index contributed by atoms with van der Waals surface area (Å²) in [5.41, 5.74) is 5.49. The number of rotatable bonds is 8. The van der Waals surface area contributed by atoms with E-state index < -0.39 is 0 Å². The third-order valence-corrected chi connectivity index (χ3v) is 2.56. The fraction of sp³-hybridized carbons (Fsp3) is 0.917. The minimum atomic E-state index is 0.408. The summed E-state index contributed by atoms with van der Waals surface area (Å²) < 4.78 is 0. The van der Waals surface area contributed by atoms with Crippen LogP contribution in [-0.2, 0) is 4.79 Å². The van der Waals surface area contributed by atoms with E-state index in [1.54, 1.807) is 0 Å². The van der Waals surface area contributed by atoms with Gasteiger partial charge < -0.3 is 5.73 Å². The van der Waals surface area contributed by atoms with Crippen molar-refractivity contribution in [2.75, 3.05) is 6.54 Å². The van der Waals surface area contributed by atoms with Crippen molar-refractivity contribution in [3.63, 3.8) is 0 Å². The molecule has 1 atom stereocenters. The van der Waals surface area contributed by atoms with Gasteiger partial charge in [0.1, 0.15) is 5.78 Å². The van der Waals surface area contributed by atoms with Gasteiger partial charge in [0.05, 0.1) is 0 Å². The quantitative estimate of drug-likeness (QED) is 0.653. The molecule has 2 N–H and O–H groups in total. The molecule has 0 fully saturated rings. The number of hydrogen-bond donors (Lipinski definition) is 1. The number of ketones is 1. The molecule has 84 valence electrons. The molecule has 0 bridgehead atoms. The van der Waals surface area contributed by atoms with Gasteiger partial charge in [0.15, 0.2) is 0 Å². The first-order valence-corrected chi connectivity index (χ1v) is 5.78. The van der Waals surface area contributed by atoms with Crippen molar-refractivity contribution in [1.29, 1.82) is 0 Å². The van der Waals surface area contributed by atoms with Crippen LogP contribution in [0, 0.1) is 11.8 Å². The lowest BCUT2D eigenvalue weighted by Crippen LogP contribution is -2.12. The van der Waals surface area contributed by atoms with Crippen molar-refractivity contribution in [2.45, 2.75) is 52.9 Å². The standard InChI is InChI=1S/C12H25NO/c1-10(2)5-4-6-12(14)8-7-11(3)9-13/h10-11H,4-9,13H2,1-3H3. The SMILES string of the molecule is CC(C)CCCC(=O)CCC(C)CN. The lowest BCUT2D eigenvalue weighted by molar-refractivity contribution is -0.119. The molecule has 0 amide bonds. The first-order valence-electron chi connectivity index (χ1n) is 5.78. The summed E-state index contributed by atoms with van der Waals surface area (Å²) in [4.78, 5) is 11.4. The predicted octanol–water partition coefficient (Wildman–Crippen LogP) is 2.76. The molecule has 0 radical (unpaired) electrons. The minimum absolute atomic E-state index is 0.408. The monoisotopic (exact) mass is 199 g/mol. The summed E-state index contributed by atoms with van der Waals surface area (Å²) in [6.07, 6.45) is 4.65. The van der Waals surface area contributed by atoms with Crippen molar-refractivity contribution < 1.29 is 4.79 Å². The maximum Gasteiger partial charge on any atom is 0.132 e. The van der Waals surface area contributed by atoms with Gasteiger partial charge in [-0.3, -0.25) is 4.79 Å². The average molecular weight is 199 g/mol. The molecule has 2 nitrogen and oxygen atoms in total. The van der Waals surface area contributed by atoms with Crippen LogP contribution in [0.5, 0.6) is 0 Å². The fourth-order valence-corrected chi connectivity index (χ4v) is 1.36. The Hall–Kier alpha value is -0.370. The van der Waals surface area contributed by atoms with Crippen LogP contribution < -0.4 is 5.73 Å². The Labute approximate surface area is 88.3 Å². The van der Waals surface area contributed by atoms with E-state index in [1.165, 1.54) is 0 Å². The van der Waals surface area contributed by atoms with Gasteiger partial charge in [-0.25, -0.2) is 0 Å². The second kappa shape index (κ2) is 7.98. The topological polar surface area (TPSA) is 43.1 Å². The molecule has 0 spiro atoms. The summed E-state index contributed by atoms with van der Waals surface area (Å²) in [6, 6.07) is 0. The van der Waals surface area contributed by atoms with E-state index in [9.17, 15) is 4.79 Å². The van der Waals surface area contributed by atoms with E-state index in [2.05, 4.69) is 20.8 Å². The Bertz CT molecular complexity index is 154. The molecule has 0 aliphatic rings. The van der Waals surface area contributed by atoms with E-state index >= 15 is 0 Å². The molecule has 0 heterocycles. The zero-order valence-corrected chi connectivity index (χ0v) is 9.88. The Balaban J connectivity index is 3.37. The molecule has 14 heavy (non-hydrogen) atoms. The van der Waals surface area contributed by atoms with E-state index in [0.717, 1.165) is 32.1 Å². The van der Waals surface area contributed by atoms with Crippen LogP contribution in [0.2, 0.25) is 0 Å². The maximum absolute atomic E-state index is 11.4. The predicted molar refractivity (Wildman–Crippen MR) is 61.1 cm³/mol. The summed E-state index contributed by atoms with van der Waals surface area (Å²) in [7, 11) is 0. The van der Waals surface area contributed by atoms with Gasteiger partial charge in [-0.05, 0) is 31.2 Å². The van der Waals surface area contributed by atoms with Gasteiger partial charge >= 0.3 is 0 Å². The smallest absolute Gasteiger partial charge is 0.132 e. The molecule has 0 aromatic rings. The largest absolute Gasteiger partial charge is 0.330 e. The highest BCUT2D eigenvalue weighted by Gasteiger charge is 2.05. The molecule has 0 rings (SSSR count). The molecule has 1 unspecified atom stereocenters. The maximum atomic E-state index is 11.4. The molecule has 0 aliphatic carbocycles. The summed E-state index contributed by atoms with van der Waals surface area (Å²) in [6.45, 7) is 7.18. The van der Waals surface area contributed by atoms with Gasteiger partial charge in [-0.15, -0.1) is 0 Å². The van der Waals surface area contributed by atoms with Gasteiger partial charge in [-0.1, -0.05) is 27.2 Å². The van der Waals surface area contributed by atoms with Gasteiger partial charge in [0.25, 0.3) is 0 Å². The number of nitrogens with two attached hydrogens (primary N) is 1. The highest BCUT2D eigenvalue weighted by Crippen LogP contribution is 2.10. The minimum Gasteiger partial charge on any atom is -0.330 e. The third-order valence-electron chi connectivity index (χ3n) is 2.56. The fourth-order valence-electron chi connectivity index (χ4n) is 1.36. The number of Topliss-reactive ketones (excluding diaryl/α,β-unsaturated/α-hetero) is 1. The van der Waals surface area contributed by atoms with Crippen LogP contribution in [-0.4, -0.2) is 12.3 Å². The Morgan fingerprint density at radius 2 is 1.79 bits per heavy atom. The lowest BCUT2D eigenvalue weighted by atomic mass is 9.99. The van der Waals surface area contributed by atoms with Gasteiger partial charge in [0, 0.05) is 12.8 Å². The molecule has 2 heteroatoms. The molecule has 0 saturated carbocycles. The van der Waals surface area contributed by atoms with Crippen LogP contribution in [0.4, 0.5) is 0 Å². The summed E-state index contributed by atoms with van der Waals surface area (Å²) >= 11 is 0. The van der Waals surface area contributed by atoms with Crippen molar-refractivity contribution in [3.8, 4) is 0 Å². The first-order chi connectivity index (χ1) is 6.56. The van der Waals surface area contributed by atoms with Crippen LogP contribution in [0.3, 0.4) is 0 Å². The number of carbonyl (C=O) groups excluding carboxylic acids is 1. The van der Waals surface area contributed by atoms with Gasteiger partial charge in [0.2, 0.25) is 0 Å². The molecule has 0 saturated heterocycles. The third kappa shape index (κ3) is 8.24. The summed E-state index contributed by atoms with van der Waals surface area (Å²) in [5.74, 6) is 1.61. The Morgan fingerprint density at radius 1 is 1.14 bits per heavy atom. The van der Waals surface area contributed by atoms with Crippen molar-refractivity contribution >= 4 is 5.78 Å². The molecular formula is C12H25NO. The first kappa shape index (κ1) is 13.6. The van der Waals surface area contributed by atoms with E-state index in [1.807, 2.05) is 0 Å². The number of carbonyl (C=O) groups is 1. The molecule has 0 aromatic carbocycles. The lowest BCUT2D eigenvalue weighted by Gasteiger charge is -2.07. The van der Waals surface area contributed by atoms with Crippen molar-refractivity contribution in [3.05, 3.63) is 0 Å². The Kier molecular flexibility index (Phi) is 7.77. The Morgan fingerprint density at radius 3 is 2.29 bits per heavy atom. The molecular weight excluding hydrogens is 174 g/mol.